The van der Waals surface area contributed by atoms with E-state index >= 15 is 0 Å². The van der Waals surface area contributed by atoms with Crippen LogP contribution in [-0.2, 0) is 19.7 Å². The quantitative estimate of drug-likeness (QED) is 0.303. The molecule has 0 saturated carbocycles. The van der Waals surface area contributed by atoms with E-state index in [0.717, 1.165) is 10.4 Å². The molecule has 0 radical (unpaired) electrons. The van der Waals surface area contributed by atoms with E-state index in [-0.39, 0.29) is 11.3 Å². The van der Waals surface area contributed by atoms with Crippen molar-refractivity contribution >= 4 is 22.9 Å². The fourth-order valence-corrected chi connectivity index (χ4v) is 4.00. The number of thiophene rings is 1. The van der Waals surface area contributed by atoms with Crippen molar-refractivity contribution in [1.29, 1.82) is 0 Å². The van der Waals surface area contributed by atoms with Crippen LogP contribution >= 0.6 is 11.3 Å². The highest BCUT2D eigenvalue weighted by Gasteiger charge is 2.19. The Morgan fingerprint density at radius 1 is 1.09 bits per heavy atom. The van der Waals surface area contributed by atoms with Gasteiger partial charge in [-0.3, -0.25) is 19.8 Å². The highest BCUT2D eigenvalue weighted by Crippen LogP contribution is 2.31. The van der Waals surface area contributed by atoms with Gasteiger partial charge < -0.3 is 15.2 Å². The van der Waals surface area contributed by atoms with Crippen molar-refractivity contribution in [2.75, 3.05) is 13.2 Å². The molecule has 0 saturated heterocycles. The van der Waals surface area contributed by atoms with Gasteiger partial charge >= 0.3 is 0 Å². The number of primary amides is 1. The van der Waals surface area contributed by atoms with Gasteiger partial charge in [0.25, 0.3) is 5.69 Å². The summed E-state index contributed by atoms with van der Waals surface area (Å²) in [4.78, 5) is 25.6. The molecule has 1 amide bonds. The first-order valence-electron chi connectivity index (χ1n) is 10.6. The number of nitro benzene ring substituents is 1. The maximum absolute atomic E-state index is 11.5. The Bertz CT molecular complexity index is 1100. The molecule has 2 N–H and O–H groups in total. The predicted octanol–water partition coefficient (Wildman–Crippen LogP) is 4.76. The molecule has 1 aromatic heterocycles. The largest absolute Gasteiger partial charge is 0.490 e. The molecule has 0 aliphatic carbocycles. The van der Waals surface area contributed by atoms with E-state index in [1.807, 2.05) is 49.6 Å². The minimum absolute atomic E-state index is 0.114. The topological polar surface area (TPSA) is 108 Å². The average molecular weight is 470 g/mol. The van der Waals surface area contributed by atoms with E-state index in [0.29, 0.717) is 49.9 Å². The highest BCUT2D eigenvalue weighted by atomic mass is 32.1. The van der Waals surface area contributed by atoms with E-state index in [1.54, 1.807) is 17.4 Å². The summed E-state index contributed by atoms with van der Waals surface area (Å²) in [6.45, 7) is 6.49. The van der Waals surface area contributed by atoms with Gasteiger partial charge in [-0.2, -0.15) is 0 Å². The zero-order valence-electron chi connectivity index (χ0n) is 18.7. The molecule has 2 aromatic carbocycles. The summed E-state index contributed by atoms with van der Waals surface area (Å²) in [5, 5.41) is 13.5. The van der Waals surface area contributed by atoms with Gasteiger partial charge in [-0.05, 0) is 48.7 Å². The van der Waals surface area contributed by atoms with E-state index in [4.69, 9.17) is 15.2 Å². The number of carbonyl (C=O) groups excluding carboxylic acids is 1. The van der Waals surface area contributed by atoms with Crippen molar-refractivity contribution in [3.8, 4) is 11.5 Å². The Kier molecular flexibility index (Phi) is 8.39. The van der Waals surface area contributed by atoms with E-state index in [9.17, 15) is 14.9 Å². The van der Waals surface area contributed by atoms with Crippen LogP contribution in [0.4, 0.5) is 5.69 Å². The Labute approximate surface area is 196 Å². The summed E-state index contributed by atoms with van der Waals surface area (Å²) < 4.78 is 11.7. The summed E-state index contributed by atoms with van der Waals surface area (Å²) in [5.74, 6) is 0.649. The first kappa shape index (κ1) is 24.2. The zero-order valence-corrected chi connectivity index (χ0v) is 19.5. The van der Waals surface area contributed by atoms with Crippen LogP contribution in [0.5, 0.6) is 11.5 Å². The molecular weight excluding hydrogens is 442 g/mol. The van der Waals surface area contributed by atoms with Gasteiger partial charge in [0, 0.05) is 35.2 Å². The fourth-order valence-electron chi connectivity index (χ4n) is 3.38. The van der Waals surface area contributed by atoms with Crippen LogP contribution in [0.1, 0.15) is 40.2 Å². The number of rotatable bonds is 12. The Balaban J connectivity index is 1.76. The lowest BCUT2D eigenvalue weighted by atomic mass is 10.1. The minimum atomic E-state index is -0.693. The van der Waals surface area contributed by atoms with Crippen molar-refractivity contribution in [1.82, 2.24) is 4.90 Å². The molecule has 0 aliphatic heterocycles. The number of nitrogens with two attached hydrogens (primary N) is 1. The molecule has 33 heavy (non-hydrogen) atoms. The lowest BCUT2D eigenvalue weighted by molar-refractivity contribution is -0.385. The number of nitro groups is 1. The number of benzene rings is 2. The summed E-state index contributed by atoms with van der Waals surface area (Å²) in [5.41, 5.74) is 6.79. The maximum atomic E-state index is 11.5. The molecule has 0 unspecified atom stereocenters. The average Bonchev–Trinajstić information content (AvgIpc) is 3.32. The normalized spacial score (nSPS) is 10.9. The second kappa shape index (κ2) is 11.4. The Morgan fingerprint density at radius 3 is 2.55 bits per heavy atom. The first-order valence-corrected chi connectivity index (χ1v) is 11.5. The molecule has 1 heterocycles. The monoisotopic (exact) mass is 469 g/mol. The van der Waals surface area contributed by atoms with Crippen molar-refractivity contribution < 1.29 is 19.2 Å². The summed E-state index contributed by atoms with van der Waals surface area (Å²) in [7, 11) is 0. The smallest absolute Gasteiger partial charge is 0.274 e. The molecule has 0 atom stereocenters. The van der Waals surface area contributed by atoms with Gasteiger partial charge in [-0.1, -0.05) is 25.1 Å². The summed E-state index contributed by atoms with van der Waals surface area (Å²) in [6.07, 6.45) is 0. The number of amides is 1. The molecule has 3 rings (SSSR count). The number of nitrogens with zero attached hydrogens (tertiary/aromatic N) is 2. The predicted molar refractivity (Wildman–Crippen MR) is 128 cm³/mol. The third kappa shape index (κ3) is 6.53. The highest BCUT2D eigenvalue weighted by molar-refractivity contribution is 7.09. The van der Waals surface area contributed by atoms with Crippen LogP contribution in [0.3, 0.4) is 0 Å². The van der Waals surface area contributed by atoms with E-state index in [2.05, 4.69) is 4.90 Å². The van der Waals surface area contributed by atoms with Gasteiger partial charge in [0.2, 0.25) is 5.91 Å². The van der Waals surface area contributed by atoms with Gasteiger partial charge in [0.1, 0.15) is 6.61 Å². The fraction of sp³-hybridized carbons (Fsp3) is 0.292. The van der Waals surface area contributed by atoms with Gasteiger partial charge in [0.15, 0.2) is 11.5 Å². The van der Waals surface area contributed by atoms with Gasteiger partial charge in [-0.25, -0.2) is 0 Å². The molecular formula is C24H27N3O5S. The summed E-state index contributed by atoms with van der Waals surface area (Å²) in [6, 6.07) is 14.2. The molecule has 8 nitrogen and oxygen atoms in total. The molecule has 0 aliphatic rings. The second-order valence-corrected chi connectivity index (χ2v) is 8.38. The molecule has 0 spiro atoms. The standard InChI is InChI=1S/C24H27N3O5S/c1-3-26(15-19-9-8-18(24(25)28)13-21(19)27(29)30)14-17-7-10-22(23(12-17)31-4-2)32-16-20-6-5-11-33-20/h5-13H,3-4,14-16H2,1-2H3,(H2,25,28). The number of hydrogen-bond donors (Lipinski definition) is 1. The number of ether oxygens (including phenoxy) is 2. The van der Waals surface area contributed by atoms with Gasteiger partial charge in [0.05, 0.1) is 11.5 Å². The Morgan fingerprint density at radius 2 is 1.91 bits per heavy atom. The second-order valence-electron chi connectivity index (χ2n) is 7.35. The van der Waals surface area contributed by atoms with Crippen molar-refractivity contribution in [3.05, 3.63) is 85.6 Å². The molecule has 0 fully saturated rings. The lowest BCUT2D eigenvalue weighted by Gasteiger charge is -2.21. The van der Waals surface area contributed by atoms with Crippen LogP contribution in [0.25, 0.3) is 0 Å². The number of carbonyl (C=O) groups is 1. The van der Waals surface area contributed by atoms with Crippen molar-refractivity contribution in [2.24, 2.45) is 5.73 Å². The van der Waals surface area contributed by atoms with E-state index < -0.39 is 10.8 Å². The molecule has 0 bridgehead atoms. The van der Waals surface area contributed by atoms with Crippen molar-refractivity contribution in [2.45, 2.75) is 33.5 Å². The van der Waals surface area contributed by atoms with Gasteiger partial charge in [-0.15, -0.1) is 11.3 Å². The Hall–Kier alpha value is -3.43. The number of hydrogen-bond acceptors (Lipinski definition) is 7. The third-order valence-corrected chi connectivity index (χ3v) is 5.92. The first-order chi connectivity index (χ1) is 15.9. The lowest BCUT2D eigenvalue weighted by Crippen LogP contribution is -2.23. The third-order valence-electron chi connectivity index (χ3n) is 5.07. The molecule has 174 valence electrons. The van der Waals surface area contributed by atoms with Crippen LogP contribution in [-0.4, -0.2) is 28.9 Å². The maximum Gasteiger partial charge on any atom is 0.274 e. The molecule has 9 heteroatoms. The van der Waals surface area contributed by atoms with Crippen molar-refractivity contribution in [3.63, 3.8) is 0 Å². The van der Waals surface area contributed by atoms with Crippen LogP contribution in [0, 0.1) is 10.1 Å². The molecule has 3 aromatic rings. The van der Waals surface area contributed by atoms with E-state index in [1.165, 1.54) is 12.1 Å². The zero-order chi connectivity index (χ0) is 23.8. The van der Waals surface area contributed by atoms with Crippen LogP contribution in [0.15, 0.2) is 53.9 Å². The minimum Gasteiger partial charge on any atom is -0.490 e. The van der Waals surface area contributed by atoms with Crippen LogP contribution in [0.2, 0.25) is 0 Å². The summed E-state index contributed by atoms with van der Waals surface area (Å²) >= 11 is 1.64. The van der Waals surface area contributed by atoms with Crippen LogP contribution < -0.4 is 15.2 Å². The SMILES string of the molecule is CCOc1cc(CN(CC)Cc2ccc(C(N)=O)cc2[N+](=O)[O-])ccc1OCc1cccs1.